The van der Waals surface area contributed by atoms with Gasteiger partial charge in [-0.2, -0.15) is 4.72 Å². The van der Waals surface area contributed by atoms with E-state index in [4.69, 9.17) is 4.74 Å². The number of carbonyl (C=O) groups is 1. The number of ether oxygens (including phenoxy) is 1. The van der Waals surface area contributed by atoms with E-state index in [2.05, 4.69) is 4.72 Å². The molecule has 0 heterocycles. The van der Waals surface area contributed by atoms with E-state index in [9.17, 15) is 13.2 Å². The summed E-state index contributed by atoms with van der Waals surface area (Å²) in [5.41, 5.74) is 0.970. The predicted octanol–water partition coefficient (Wildman–Crippen LogP) is 1.62. The van der Waals surface area contributed by atoms with E-state index in [1.54, 1.807) is 12.1 Å². The standard InChI is InChI=1S/C13H19NO4S/c1-3-4-9-18-13(15)10-14-19(16,17)12-7-5-11(2)6-8-12/h5-8,14H,3-4,9-10H2,1-2H3. The van der Waals surface area contributed by atoms with Crippen molar-refractivity contribution in [2.75, 3.05) is 13.2 Å². The van der Waals surface area contributed by atoms with Gasteiger partial charge < -0.3 is 4.74 Å². The van der Waals surface area contributed by atoms with Gasteiger partial charge in [-0.3, -0.25) is 4.79 Å². The summed E-state index contributed by atoms with van der Waals surface area (Å²) in [6.07, 6.45) is 1.69. The molecule has 19 heavy (non-hydrogen) atoms. The number of hydrogen-bond donors (Lipinski definition) is 1. The predicted molar refractivity (Wildman–Crippen MR) is 72.2 cm³/mol. The molecule has 0 spiro atoms. The number of rotatable bonds is 7. The van der Waals surface area contributed by atoms with Crippen LogP contribution in [-0.4, -0.2) is 27.5 Å². The number of hydrogen-bond acceptors (Lipinski definition) is 4. The zero-order valence-electron chi connectivity index (χ0n) is 11.2. The van der Waals surface area contributed by atoms with Crippen LogP contribution in [0.4, 0.5) is 0 Å². The minimum atomic E-state index is -3.65. The molecule has 0 aliphatic rings. The first kappa shape index (κ1) is 15.7. The summed E-state index contributed by atoms with van der Waals surface area (Å²) in [5.74, 6) is -0.566. The molecule has 0 radical (unpaired) electrons. The molecule has 106 valence electrons. The summed E-state index contributed by atoms with van der Waals surface area (Å²) in [4.78, 5) is 11.4. The monoisotopic (exact) mass is 285 g/mol. The van der Waals surface area contributed by atoms with Crippen LogP contribution in [0.3, 0.4) is 0 Å². The van der Waals surface area contributed by atoms with Crippen LogP contribution in [0, 0.1) is 6.92 Å². The highest BCUT2D eigenvalue weighted by atomic mass is 32.2. The molecule has 6 heteroatoms. The average Bonchev–Trinajstić information content (AvgIpc) is 2.37. The second kappa shape index (κ2) is 7.25. The zero-order valence-corrected chi connectivity index (χ0v) is 12.0. The van der Waals surface area contributed by atoms with Crippen molar-refractivity contribution >= 4 is 16.0 Å². The van der Waals surface area contributed by atoms with E-state index in [-0.39, 0.29) is 11.4 Å². The fourth-order valence-electron chi connectivity index (χ4n) is 1.34. The molecule has 0 aromatic heterocycles. The number of nitrogens with one attached hydrogen (secondary N) is 1. The lowest BCUT2D eigenvalue weighted by Gasteiger charge is -2.07. The number of unbranched alkanes of at least 4 members (excludes halogenated alkanes) is 1. The summed E-state index contributed by atoms with van der Waals surface area (Å²) in [6.45, 7) is 3.82. The molecule has 0 saturated heterocycles. The van der Waals surface area contributed by atoms with Crippen LogP contribution in [-0.2, 0) is 19.6 Å². The van der Waals surface area contributed by atoms with Crippen LogP contribution < -0.4 is 4.72 Å². The van der Waals surface area contributed by atoms with E-state index in [0.717, 1.165) is 18.4 Å². The molecule has 0 aliphatic carbocycles. The summed E-state index contributed by atoms with van der Waals surface area (Å²) in [5, 5.41) is 0. The van der Waals surface area contributed by atoms with Gasteiger partial charge in [0, 0.05) is 0 Å². The Morgan fingerprint density at radius 1 is 1.26 bits per heavy atom. The second-order valence-electron chi connectivity index (χ2n) is 4.21. The van der Waals surface area contributed by atoms with Gasteiger partial charge in [0.2, 0.25) is 10.0 Å². The van der Waals surface area contributed by atoms with Gasteiger partial charge in [-0.05, 0) is 25.5 Å². The van der Waals surface area contributed by atoms with Gasteiger partial charge in [0.15, 0.2) is 0 Å². The number of benzene rings is 1. The topological polar surface area (TPSA) is 72.5 Å². The molecular weight excluding hydrogens is 266 g/mol. The van der Waals surface area contributed by atoms with Gasteiger partial charge >= 0.3 is 5.97 Å². The van der Waals surface area contributed by atoms with E-state index < -0.39 is 16.0 Å². The molecule has 0 atom stereocenters. The number of aryl methyl sites for hydroxylation is 1. The highest BCUT2D eigenvalue weighted by Crippen LogP contribution is 2.09. The Morgan fingerprint density at radius 3 is 2.47 bits per heavy atom. The zero-order chi connectivity index (χ0) is 14.3. The normalized spacial score (nSPS) is 11.3. The SMILES string of the molecule is CCCCOC(=O)CNS(=O)(=O)c1ccc(C)cc1. The number of sulfonamides is 1. The fraction of sp³-hybridized carbons (Fsp3) is 0.462. The molecule has 0 saturated carbocycles. The molecule has 1 aromatic carbocycles. The quantitative estimate of drug-likeness (QED) is 0.610. The first-order chi connectivity index (χ1) is 8.95. The van der Waals surface area contributed by atoms with Crippen molar-refractivity contribution in [1.82, 2.24) is 4.72 Å². The maximum Gasteiger partial charge on any atom is 0.321 e. The lowest BCUT2D eigenvalue weighted by atomic mass is 10.2. The first-order valence-electron chi connectivity index (χ1n) is 6.17. The summed E-state index contributed by atoms with van der Waals surface area (Å²) >= 11 is 0. The van der Waals surface area contributed by atoms with Crippen molar-refractivity contribution in [3.8, 4) is 0 Å². The van der Waals surface area contributed by atoms with Crippen LogP contribution in [0.2, 0.25) is 0 Å². The number of esters is 1. The smallest absolute Gasteiger partial charge is 0.321 e. The Labute approximate surface area is 114 Å². The van der Waals surface area contributed by atoms with Crippen molar-refractivity contribution in [2.45, 2.75) is 31.6 Å². The maximum absolute atomic E-state index is 11.9. The molecule has 5 nitrogen and oxygen atoms in total. The maximum atomic E-state index is 11.9. The van der Waals surface area contributed by atoms with E-state index >= 15 is 0 Å². The highest BCUT2D eigenvalue weighted by molar-refractivity contribution is 7.89. The molecule has 1 aromatic rings. The third-order valence-corrected chi connectivity index (χ3v) is 3.92. The first-order valence-corrected chi connectivity index (χ1v) is 7.66. The van der Waals surface area contributed by atoms with Crippen LogP contribution in [0.5, 0.6) is 0 Å². The van der Waals surface area contributed by atoms with Gasteiger partial charge in [0.25, 0.3) is 0 Å². The Bertz CT molecular complexity index is 508. The second-order valence-corrected chi connectivity index (χ2v) is 5.98. The van der Waals surface area contributed by atoms with Crippen LogP contribution in [0.15, 0.2) is 29.2 Å². The molecule has 1 N–H and O–H groups in total. The summed E-state index contributed by atoms with van der Waals surface area (Å²) < 4.78 is 30.8. The van der Waals surface area contributed by atoms with Crippen molar-refractivity contribution in [3.05, 3.63) is 29.8 Å². The fourth-order valence-corrected chi connectivity index (χ4v) is 2.30. The third kappa shape index (κ3) is 5.40. The van der Waals surface area contributed by atoms with E-state index in [0.29, 0.717) is 6.61 Å². The Balaban J connectivity index is 2.51. The van der Waals surface area contributed by atoms with Crippen molar-refractivity contribution in [1.29, 1.82) is 0 Å². The van der Waals surface area contributed by atoms with E-state index in [1.807, 2.05) is 13.8 Å². The van der Waals surface area contributed by atoms with Crippen molar-refractivity contribution < 1.29 is 17.9 Å². The minimum absolute atomic E-state index is 0.138. The van der Waals surface area contributed by atoms with Gasteiger partial charge in [0.1, 0.15) is 6.54 Å². The molecule has 1 rings (SSSR count). The average molecular weight is 285 g/mol. The van der Waals surface area contributed by atoms with E-state index in [1.165, 1.54) is 12.1 Å². The molecule has 0 amide bonds. The largest absolute Gasteiger partial charge is 0.465 e. The van der Waals surface area contributed by atoms with Crippen molar-refractivity contribution in [2.24, 2.45) is 0 Å². The van der Waals surface area contributed by atoms with Gasteiger partial charge in [0.05, 0.1) is 11.5 Å². The summed E-state index contributed by atoms with van der Waals surface area (Å²) in [6, 6.07) is 6.41. The lowest BCUT2D eigenvalue weighted by molar-refractivity contribution is -0.142. The number of carbonyl (C=O) groups excluding carboxylic acids is 1. The molecule has 0 fully saturated rings. The summed E-state index contributed by atoms with van der Waals surface area (Å²) in [7, 11) is -3.65. The molecule has 0 bridgehead atoms. The Kier molecular flexibility index (Phi) is 5.98. The highest BCUT2D eigenvalue weighted by Gasteiger charge is 2.15. The molecule has 0 aliphatic heterocycles. The lowest BCUT2D eigenvalue weighted by Crippen LogP contribution is -2.30. The Morgan fingerprint density at radius 2 is 1.89 bits per heavy atom. The van der Waals surface area contributed by atoms with Gasteiger partial charge in [-0.25, -0.2) is 8.42 Å². The van der Waals surface area contributed by atoms with Gasteiger partial charge in [-0.1, -0.05) is 31.0 Å². The van der Waals surface area contributed by atoms with Crippen LogP contribution in [0.1, 0.15) is 25.3 Å². The van der Waals surface area contributed by atoms with Crippen LogP contribution >= 0.6 is 0 Å². The Hall–Kier alpha value is -1.40. The molecule has 0 unspecified atom stereocenters. The minimum Gasteiger partial charge on any atom is -0.465 e. The third-order valence-electron chi connectivity index (χ3n) is 2.50. The van der Waals surface area contributed by atoms with Crippen LogP contribution in [0.25, 0.3) is 0 Å². The molecular formula is C13H19NO4S. The van der Waals surface area contributed by atoms with Gasteiger partial charge in [-0.15, -0.1) is 0 Å². The van der Waals surface area contributed by atoms with Crippen molar-refractivity contribution in [3.63, 3.8) is 0 Å².